The lowest BCUT2D eigenvalue weighted by Gasteiger charge is -2.10. The molecule has 1 aromatic carbocycles. The predicted octanol–water partition coefficient (Wildman–Crippen LogP) is 3.21. The number of rotatable bonds is 4. The topological polar surface area (TPSA) is 76.1 Å². The molecular weight excluding hydrogens is 336 g/mol. The molecule has 1 heterocycles. The van der Waals surface area contributed by atoms with Crippen LogP contribution >= 0.6 is 11.6 Å². The third-order valence-corrected chi connectivity index (χ3v) is 4.03. The van der Waals surface area contributed by atoms with Gasteiger partial charge in [0.25, 0.3) is 5.91 Å². The van der Waals surface area contributed by atoms with Crippen molar-refractivity contribution in [3.8, 4) is 11.3 Å². The zero-order valence-electron chi connectivity index (χ0n) is 13.0. The maximum absolute atomic E-state index is 12.0. The largest absolute Gasteiger partial charge is 0.268 e. The number of carbonyl (C=O) groups excluding carboxylic acids is 1. The van der Waals surface area contributed by atoms with E-state index in [0.29, 0.717) is 16.3 Å². The molecule has 0 unspecified atom stereocenters. The van der Waals surface area contributed by atoms with Crippen molar-refractivity contribution >= 4 is 27.5 Å². The maximum atomic E-state index is 12.0. The minimum Gasteiger partial charge on any atom is -0.268 e. The molecule has 23 heavy (non-hydrogen) atoms. The van der Waals surface area contributed by atoms with E-state index < -0.39 is 15.9 Å². The Morgan fingerprint density at radius 1 is 1.22 bits per heavy atom. The number of hydrogen-bond donors (Lipinski definition) is 1. The van der Waals surface area contributed by atoms with Crippen molar-refractivity contribution in [3.05, 3.63) is 52.7 Å². The van der Waals surface area contributed by atoms with Crippen LogP contribution in [-0.4, -0.2) is 25.6 Å². The molecule has 0 spiro atoms. The van der Waals surface area contributed by atoms with E-state index in [-0.39, 0.29) is 11.5 Å². The van der Waals surface area contributed by atoms with Crippen LogP contribution in [0.25, 0.3) is 11.3 Å². The Morgan fingerprint density at radius 3 is 2.52 bits per heavy atom. The molecule has 0 radical (unpaired) electrons. The summed E-state index contributed by atoms with van der Waals surface area (Å²) in [5.41, 5.74) is 2.32. The minimum atomic E-state index is -3.63. The number of sulfonamides is 1. The Kier molecular flexibility index (Phi) is 5.06. The van der Waals surface area contributed by atoms with Crippen molar-refractivity contribution in [3.63, 3.8) is 0 Å². The lowest BCUT2D eigenvalue weighted by Crippen LogP contribution is -2.29. The van der Waals surface area contributed by atoms with Crippen molar-refractivity contribution in [1.82, 2.24) is 9.71 Å². The summed E-state index contributed by atoms with van der Waals surface area (Å²) in [4.78, 5) is 16.5. The number of halogens is 1. The van der Waals surface area contributed by atoms with Gasteiger partial charge in [0, 0.05) is 16.8 Å². The van der Waals surface area contributed by atoms with E-state index in [1.807, 2.05) is 30.7 Å². The number of pyridine rings is 1. The number of nitrogens with one attached hydrogen (secondary N) is 1. The van der Waals surface area contributed by atoms with Gasteiger partial charge >= 0.3 is 0 Å². The number of aromatic nitrogens is 1. The van der Waals surface area contributed by atoms with Crippen LogP contribution in [0, 0.1) is 0 Å². The summed E-state index contributed by atoms with van der Waals surface area (Å²) in [5, 5.41) is 0.439. The molecule has 122 valence electrons. The molecule has 1 N–H and O–H groups in total. The average molecular weight is 353 g/mol. The summed E-state index contributed by atoms with van der Waals surface area (Å²) < 4.78 is 24.3. The van der Waals surface area contributed by atoms with Gasteiger partial charge in [-0.2, -0.15) is 0 Å². The van der Waals surface area contributed by atoms with Crippen LogP contribution in [0.2, 0.25) is 5.02 Å². The van der Waals surface area contributed by atoms with Gasteiger partial charge in [0.15, 0.2) is 0 Å². The van der Waals surface area contributed by atoms with Crippen LogP contribution in [0.3, 0.4) is 0 Å². The van der Waals surface area contributed by atoms with Gasteiger partial charge in [0.1, 0.15) is 0 Å². The van der Waals surface area contributed by atoms with Gasteiger partial charge in [-0.15, -0.1) is 0 Å². The number of nitrogens with zero attached hydrogens (tertiary/aromatic N) is 1. The van der Waals surface area contributed by atoms with E-state index in [1.165, 1.54) is 12.1 Å². The first-order valence-corrected chi connectivity index (χ1v) is 9.23. The van der Waals surface area contributed by atoms with Crippen molar-refractivity contribution in [1.29, 1.82) is 0 Å². The van der Waals surface area contributed by atoms with Crippen LogP contribution in [0.4, 0.5) is 0 Å². The maximum Gasteiger partial charge on any atom is 0.264 e. The summed E-state index contributed by atoms with van der Waals surface area (Å²) in [6.45, 7) is 4.06. The second-order valence-electron chi connectivity index (χ2n) is 5.50. The van der Waals surface area contributed by atoms with Gasteiger partial charge in [-0.05, 0) is 36.2 Å². The number of benzene rings is 1. The third kappa shape index (κ3) is 4.53. The summed E-state index contributed by atoms with van der Waals surface area (Å²) in [5.74, 6) is -0.448. The molecule has 0 saturated heterocycles. The van der Waals surface area contributed by atoms with Crippen LogP contribution < -0.4 is 4.72 Å². The highest BCUT2D eigenvalue weighted by atomic mass is 35.5. The highest BCUT2D eigenvalue weighted by molar-refractivity contribution is 7.89. The van der Waals surface area contributed by atoms with Crippen molar-refractivity contribution in [2.45, 2.75) is 19.8 Å². The second-order valence-corrected chi connectivity index (χ2v) is 7.66. The highest BCUT2D eigenvalue weighted by Crippen LogP contribution is 2.28. The lowest BCUT2D eigenvalue weighted by atomic mass is 10.0. The molecule has 5 nitrogen and oxygen atoms in total. The Morgan fingerprint density at radius 2 is 1.91 bits per heavy atom. The molecule has 2 aromatic rings. The Bertz CT molecular complexity index is 848. The van der Waals surface area contributed by atoms with Gasteiger partial charge in [-0.3, -0.25) is 9.78 Å². The lowest BCUT2D eigenvalue weighted by molar-refractivity contribution is 0.0981. The Balaban J connectivity index is 2.46. The molecule has 0 aliphatic rings. The number of amides is 1. The number of carbonyl (C=O) groups is 1. The Hall–Kier alpha value is -1.92. The molecule has 0 bridgehead atoms. The van der Waals surface area contributed by atoms with Crippen LogP contribution in [0.15, 0.2) is 36.4 Å². The predicted molar refractivity (Wildman–Crippen MR) is 91.1 cm³/mol. The first-order valence-electron chi connectivity index (χ1n) is 6.96. The van der Waals surface area contributed by atoms with Gasteiger partial charge in [-0.25, -0.2) is 13.1 Å². The highest BCUT2D eigenvalue weighted by Gasteiger charge is 2.15. The average Bonchev–Trinajstić information content (AvgIpc) is 2.46. The zero-order chi connectivity index (χ0) is 17.2. The minimum absolute atomic E-state index is 0.201. The van der Waals surface area contributed by atoms with E-state index in [2.05, 4.69) is 4.98 Å². The zero-order valence-corrected chi connectivity index (χ0v) is 14.6. The molecule has 1 amide bonds. The number of hydrogen-bond acceptors (Lipinski definition) is 4. The van der Waals surface area contributed by atoms with Gasteiger partial charge in [-0.1, -0.05) is 31.5 Å². The fourth-order valence-corrected chi connectivity index (χ4v) is 2.68. The molecular formula is C16H17ClN2O3S. The fourth-order valence-electron chi connectivity index (χ4n) is 2.01. The van der Waals surface area contributed by atoms with E-state index in [4.69, 9.17) is 11.6 Å². The molecule has 0 saturated carbocycles. The van der Waals surface area contributed by atoms with Gasteiger partial charge < -0.3 is 0 Å². The molecule has 2 rings (SSSR count). The third-order valence-electron chi connectivity index (χ3n) is 3.14. The fraction of sp³-hybridized carbons (Fsp3) is 0.250. The normalized spacial score (nSPS) is 11.5. The molecule has 0 aliphatic heterocycles. The summed E-state index contributed by atoms with van der Waals surface area (Å²) in [6, 6.07) is 10.1. The van der Waals surface area contributed by atoms with E-state index in [0.717, 1.165) is 11.9 Å². The first kappa shape index (κ1) is 17.4. The molecule has 0 atom stereocenters. The van der Waals surface area contributed by atoms with Crippen molar-refractivity contribution < 1.29 is 13.2 Å². The standard InChI is InChI=1S/C16H17ClN2O3S/c1-10(2)14-5-4-6-15(18-14)12-9-11(7-8-13(12)17)16(20)19-23(3,21)22/h4-10H,1-3H3,(H,19,20). The monoisotopic (exact) mass is 352 g/mol. The van der Waals surface area contributed by atoms with E-state index in [1.54, 1.807) is 12.1 Å². The van der Waals surface area contributed by atoms with E-state index in [9.17, 15) is 13.2 Å². The summed E-state index contributed by atoms with van der Waals surface area (Å²) in [7, 11) is -3.63. The molecule has 0 fully saturated rings. The SMILES string of the molecule is CC(C)c1cccc(-c2cc(C(=O)NS(C)(=O)=O)ccc2Cl)n1. The van der Waals surface area contributed by atoms with Crippen molar-refractivity contribution in [2.75, 3.05) is 6.26 Å². The van der Waals surface area contributed by atoms with Gasteiger partial charge in [0.2, 0.25) is 10.0 Å². The van der Waals surface area contributed by atoms with Crippen LogP contribution in [-0.2, 0) is 10.0 Å². The smallest absolute Gasteiger partial charge is 0.264 e. The Labute approximate surface area is 140 Å². The van der Waals surface area contributed by atoms with Gasteiger partial charge in [0.05, 0.1) is 17.0 Å². The molecule has 1 aromatic heterocycles. The quantitative estimate of drug-likeness (QED) is 0.916. The van der Waals surface area contributed by atoms with Crippen molar-refractivity contribution in [2.24, 2.45) is 0 Å². The summed E-state index contributed by atoms with van der Waals surface area (Å²) in [6.07, 6.45) is 0.926. The molecule has 7 heteroatoms. The second kappa shape index (κ2) is 6.68. The van der Waals surface area contributed by atoms with Crippen LogP contribution in [0.1, 0.15) is 35.8 Å². The van der Waals surface area contributed by atoms with Crippen LogP contribution in [0.5, 0.6) is 0 Å². The summed E-state index contributed by atoms with van der Waals surface area (Å²) >= 11 is 6.21. The first-order chi connectivity index (χ1) is 10.7. The van der Waals surface area contributed by atoms with E-state index >= 15 is 0 Å². The molecule has 0 aliphatic carbocycles.